The lowest BCUT2D eigenvalue weighted by atomic mass is 10.1. The topological polar surface area (TPSA) is 93.0 Å². The molecule has 0 bridgehead atoms. The minimum Gasteiger partial charge on any atom is -0.364 e. The zero-order chi connectivity index (χ0) is 14.5. The molecule has 1 heterocycles. The molecule has 0 saturated carbocycles. The van der Waals surface area contributed by atoms with Crippen molar-refractivity contribution in [1.29, 1.82) is 0 Å². The van der Waals surface area contributed by atoms with Gasteiger partial charge in [0.1, 0.15) is 6.33 Å². The number of unbranched alkanes of at least 4 members (excludes halogenated alkanes) is 1. The van der Waals surface area contributed by atoms with E-state index in [2.05, 4.69) is 27.5 Å². The normalized spacial score (nSPS) is 11.2. The smallest absolute Gasteiger partial charge is 0.353 e. The minimum absolute atomic E-state index is 0.103. The maximum atomic E-state index is 11.2. The Balaban J connectivity index is 3.04. The van der Waals surface area contributed by atoms with Gasteiger partial charge in [0.25, 0.3) is 0 Å². The van der Waals surface area contributed by atoms with E-state index in [0.29, 0.717) is 6.54 Å². The van der Waals surface area contributed by atoms with Crippen LogP contribution in [-0.4, -0.2) is 27.0 Å². The van der Waals surface area contributed by atoms with E-state index < -0.39 is 4.92 Å². The summed E-state index contributed by atoms with van der Waals surface area (Å²) in [7, 11) is 0. The molecule has 1 aromatic heterocycles. The number of hydrogen-bond acceptors (Lipinski definition) is 6. The Kier molecular flexibility index (Phi) is 5.02. The molecule has 0 saturated heterocycles. The molecular formula is C12H21N5O2. The van der Waals surface area contributed by atoms with Crippen molar-refractivity contribution in [3.05, 3.63) is 16.4 Å². The largest absolute Gasteiger partial charge is 0.364 e. The SMILES string of the molecule is CCCCNc1ncnc(NC(C)(C)C)c1[N+](=O)[O-]. The molecular weight excluding hydrogens is 246 g/mol. The van der Waals surface area contributed by atoms with E-state index in [1.54, 1.807) is 0 Å². The summed E-state index contributed by atoms with van der Waals surface area (Å²) < 4.78 is 0. The van der Waals surface area contributed by atoms with Crippen molar-refractivity contribution in [1.82, 2.24) is 9.97 Å². The third kappa shape index (κ3) is 4.69. The van der Waals surface area contributed by atoms with E-state index in [9.17, 15) is 10.1 Å². The summed E-state index contributed by atoms with van der Waals surface area (Å²) in [5, 5.41) is 17.2. The quantitative estimate of drug-likeness (QED) is 0.467. The Labute approximate surface area is 113 Å². The number of nitrogens with zero attached hydrogens (tertiary/aromatic N) is 3. The fraction of sp³-hybridized carbons (Fsp3) is 0.667. The van der Waals surface area contributed by atoms with Crippen LogP contribution in [0.3, 0.4) is 0 Å². The van der Waals surface area contributed by atoms with Gasteiger partial charge in [0.05, 0.1) is 4.92 Å². The monoisotopic (exact) mass is 267 g/mol. The fourth-order valence-corrected chi connectivity index (χ4v) is 1.51. The van der Waals surface area contributed by atoms with Gasteiger partial charge in [0.15, 0.2) is 0 Å². The van der Waals surface area contributed by atoms with Crippen LogP contribution in [0.1, 0.15) is 40.5 Å². The highest BCUT2D eigenvalue weighted by atomic mass is 16.6. The average molecular weight is 267 g/mol. The zero-order valence-electron chi connectivity index (χ0n) is 11.9. The van der Waals surface area contributed by atoms with Crippen LogP contribution in [0, 0.1) is 10.1 Å². The molecule has 7 heteroatoms. The summed E-state index contributed by atoms with van der Waals surface area (Å²) in [5.41, 5.74) is -0.409. The first kappa shape index (κ1) is 15.1. The summed E-state index contributed by atoms with van der Waals surface area (Å²) in [6.45, 7) is 8.47. The van der Waals surface area contributed by atoms with Crippen molar-refractivity contribution in [3.8, 4) is 0 Å². The van der Waals surface area contributed by atoms with Crippen molar-refractivity contribution in [2.24, 2.45) is 0 Å². The Bertz CT molecular complexity index is 442. The van der Waals surface area contributed by atoms with E-state index in [4.69, 9.17) is 0 Å². The average Bonchev–Trinajstić information content (AvgIpc) is 2.26. The highest BCUT2D eigenvalue weighted by Gasteiger charge is 2.25. The molecule has 19 heavy (non-hydrogen) atoms. The second-order valence-corrected chi connectivity index (χ2v) is 5.33. The summed E-state index contributed by atoms with van der Waals surface area (Å²) >= 11 is 0. The Hall–Kier alpha value is -1.92. The third-order valence-electron chi connectivity index (χ3n) is 2.32. The first-order chi connectivity index (χ1) is 8.85. The maximum absolute atomic E-state index is 11.2. The van der Waals surface area contributed by atoms with Crippen molar-refractivity contribution >= 4 is 17.3 Å². The van der Waals surface area contributed by atoms with Crippen LogP contribution in [0.5, 0.6) is 0 Å². The number of rotatable bonds is 6. The van der Waals surface area contributed by atoms with E-state index in [0.717, 1.165) is 12.8 Å². The predicted molar refractivity (Wildman–Crippen MR) is 75.5 cm³/mol. The van der Waals surface area contributed by atoms with Crippen LogP contribution in [0.2, 0.25) is 0 Å². The summed E-state index contributed by atoms with van der Waals surface area (Å²) in [4.78, 5) is 18.7. The minimum atomic E-state index is -0.456. The summed E-state index contributed by atoms with van der Waals surface area (Å²) in [6.07, 6.45) is 3.28. The number of anilines is 2. The number of nitrogens with one attached hydrogen (secondary N) is 2. The number of hydrogen-bond donors (Lipinski definition) is 2. The molecule has 0 atom stereocenters. The van der Waals surface area contributed by atoms with Gasteiger partial charge in [0.2, 0.25) is 11.6 Å². The van der Waals surface area contributed by atoms with Gasteiger partial charge in [-0.1, -0.05) is 13.3 Å². The van der Waals surface area contributed by atoms with Gasteiger partial charge >= 0.3 is 5.69 Å². The Morgan fingerprint density at radius 2 is 1.95 bits per heavy atom. The molecule has 0 fully saturated rings. The highest BCUT2D eigenvalue weighted by molar-refractivity contribution is 5.69. The molecule has 0 aliphatic heterocycles. The summed E-state index contributed by atoms with van der Waals surface area (Å²) in [5.74, 6) is 0.506. The lowest BCUT2D eigenvalue weighted by Gasteiger charge is -2.21. The van der Waals surface area contributed by atoms with E-state index >= 15 is 0 Å². The van der Waals surface area contributed by atoms with Gasteiger partial charge in [-0.15, -0.1) is 0 Å². The molecule has 0 spiro atoms. The molecule has 0 unspecified atom stereocenters. The molecule has 0 aromatic carbocycles. The van der Waals surface area contributed by atoms with Gasteiger partial charge in [-0.3, -0.25) is 10.1 Å². The molecule has 2 N–H and O–H groups in total. The molecule has 1 aromatic rings. The second kappa shape index (κ2) is 6.31. The maximum Gasteiger partial charge on any atom is 0.353 e. The molecule has 0 aliphatic carbocycles. The van der Waals surface area contributed by atoms with E-state index in [1.165, 1.54) is 6.33 Å². The first-order valence-electron chi connectivity index (χ1n) is 6.36. The Morgan fingerprint density at radius 3 is 2.47 bits per heavy atom. The third-order valence-corrected chi connectivity index (χ3v) is 2.32. The van der Waals surface area contributed by atoms with Crippen LogP contribution < -0.4 is 10.6 Å². The number of aromatic nitrogens is 2. The molecule has 1 rings (SSSR count). The van der Waals surface area contributed by atoms with Gasteiger partial charge in [-0.2, -0.15) is 0 Å². The van der Waals surface area contributed by atoms with Crippen LogP contribution in [0.4, 0.5) is 17.3 Å². The molecule has 106 valence electrons. The second-order valence-electron chi connectivity index (χ2n) is 5.33. The van der Waals surface area contributed by atoms with Gasteiger partial charge in [-0.05, 0) is 27.2 Å². The first-order valence-corrected chi connectivity index (χ1v) is 6.36. The van der Waals surface area contributed by atoms with Gasteiger partial charge in [0, 0.05) is 12.1 Å². The Morgan fingerprint density at radius 1 is 1.32 bits per heavy atom. The van der Waals surface area contributed by atoms with Crippen molar-refractivity contribution in [2.45, 2.75) is 46.1 Å². The van der Waals surface area contributed by atoms with Gasteiger partial charge < -0.3 is 10.6 Å². The zero-order valence-corrected chi connectivity index (χ0v) is 11.9. The standard InChI is InChI=1S/C12H21N5O2/c1-5-6-7-13-10-9(17(18)19)11(15-8-14-10)16-12(2,3)4/h8H,5-7H2,1-4H3,(H2,13,14,15,16). The van der Waals surface area contributed by atoms with E-state index in [1.807, 2.05) is 20.8 Å². The fourth-order valence-electron chi connectivity index (χ4n) is 1.51. The van der Waals surface area contributed by atoms with E-state index in [-0.39, 0.29) is 22.9 Å². The van der Waals surface area contributed by atoms with Crippen molar-refractivity contribution < 1.29 is 4.92 Å². The molecule has 7 nitrogen and oxygen atoms in total. The predicted octanol–water partition coefficient (Wildman–Crippen LogP) is 2.81. The van der Waals surface area contributed by atoms with Crippen LogP contribution in [0.15, 0.2) is 6.33 Å². The number of nitro groups is 1. The lowest BCUT2D eigenvalue weighted by Crippen LogP contribution is -2.27. The molecule has 0 amide bonds. The van der Waals surface area contributed by atoms with Crippen molar-refractivity contribution in [2.75, 3.05) is 17.2 Å². The van der Waals surface area contributed by atoms with Crippen LogP contribution in [-0.2, 0) is 0 Å². The van der Waals surface area contributed by atoms with Gasteiger partial charge in [-0.25, -0.2) is 9.97 Å². The van der Waals surface area contributed by atoms with Crippen molar-refractivity contribution in [3.63, 3.8) is 0 Å². The highest BCUT2D eigenvalue weighted by Crippen LogP contribution is 2.30. The lowest BCUT2D eigenvalue weighted by molar-refractivity contribution is -0.383. The molecule has 0 radical (unpaired) electrons. The summed E-state index contributed by atoms with van der Waals surface area (Å²) in [6, 6.07) is 0. The van der Waals surface area contributed by atoms with Crippen LogP contribution in [0.25, 0.3) is 0 Å². The molecule has 0 aliphatic rings. The van der Waals surface area contributed by atoms with Crippen LogP contribution >= 0.6 is 0 Å².